The van der Waals surface area contributed by atoms with Crippen molar-refractivity contribution >= 4 is 0 Å². The van der Waals surface area contributed by atoms with Crippen LogP contribution in [0.3, 0.4) is 0 Å². The number of hydrogen-bond donors (Lipinski definition) is 0. The molecule has 3 heteroatoms. The number of hydrogen-bond acceptors (Lipinski definition) is 2. The highest BCUT2D eigenvalue weighted by atomic mass is 19.1. The molecule has 0 bridgehead atoms. The second kappa shape index (κ2) is 5.61. The van der Waals surface area contributed by atoms with Crippen LogP contribution >= 0.6 is 0 Å². The lowest BCUT2D eigenvalue weighted by molar-refractivity contribution is 0.0340. The molecule has 1 fully saturated rings. The molecule has 0 atom stereocenters. The highest BCUT2D eigenvalue weighted by Gasteiger charge is 2.14. The first-order valence-corrected chi connectivity index (χ1v) is 6.25. The second-order valence-corrected chi connectivity index (χ2v) is 4.89. The van der Waals surface area contributed by atoms with Crippen LogP contribution in [0.4, 0.5) is 4.39 Å². The van der Waals surface area contributed by atoms with Gasteiger partial charge in [-0.1, -0.05) is 19.9 Å². The van der Waals surface area contributed by atoms with Crippen molar-refractivity contribution in [1.29, 1.82) is 0 Å². The lowest BCUT2D eigenvalue weighted by atomic mass is 9.96. The molecule has 0 saturated carbocycles. The first kappa shape index (κ1) is 12.5. The largest absolute Gasteiger partial charge is 0.379 e. The monoisotopic (exact) mass is 237 g/mol. The molecule has 0 aliphatic carbocycles. The van der Waals surface area contributed by atoms with Gasteiger partial charge in [-0.25, -0.2) is 4.39 Å². The molecule has 0 spiro atoms. The molecule has 0 amide bonds. The molecular weight excluding hydrogens is 217 g/mol. The Morgan fingerprint density at radius 3 is 2.65 bits per heavy atom. The van der Waals surface area contributed by atoms with E-state index in [0.717, 1.165) is 38.4 Å². The molecule has 1 aliphatic heterocycles. The molecule has 0 aromatic heterocycles. The minimum Gasteiger partial charge on any atom is -0.379 e. The van der Waals surface area contributed by atoms with E-state index < -0.39 is 0 Å². The molecular formula is C14H20FNO. The van der Waals surface area contributed by atoms with Crippen LogP contribution in [0, 0.1) is 5.82 Å². The Hall–Kier alpha value is -0.930. The number of benzene rings is 1. The molecule has 1 saturated heterocycles. The van der Waals surface area contributed by atoms with E-state index in [1.165, 1.54) is 5.56 Å². The predicted molar refractivity (Wildman–Crippen MR) is 66.6 cm³/mol. The fraction of sp³-hybridized carbons (Fsp3) is 0.571. The Labute approximate surface area is 102 Å². The van der Waals surface area contributed by atoms with Crippen molar-refractivity contribution in [2.24, 2.45) is 0 Å². The van der Waals surface area contributed by atoms with Gasteiger partial charge in [0.2, 0.25) is 0 Å². The van der Waals surface area contributed by atoms with Gasteiger partial charge in [0.1, 0.15) is 5.82 Å². The summed E-state index contributed by atoms with van der Waals surface area (Å²) in [6.07, 6.45) is 0. The summed E-state index contributed by atoms with van der Waals surface area (Å²) in [5, 5.41) is 0. The molecule has 1 heterocycles. The van der Waals surface area contributed by atoms with Crippen molar-refractivity contribution in [2.45, 2.75) is 26.3 Å². The fourth-order valence-electron chi connectivity index (χ4n) is 2.25. The van der Waals surface area contributed by atoms with Gasteiger partial charge < -0.3 is 4.74 Å². The van der Waals surface area contributed by atoms with Crippen LogP contribution in [0.1, 0.15) is 30.9 Å². The number of ether oxygens (including phenoxy) is 1. The maximum atomic E-state index is 13.3. The summed E-state index contributed by atoms with van der Waals surface area (Å²) in [7, 11) is 0. The highest BCUT2D eigenvalue weighted by molar-refractivity contribution is 5.30. The molecule has 1 aromatic rings. The van der Waals surface area contributed by atoms with Crippen molar-refractivity contribution in [3.63, 3.8) is 0 Å². The van der Waals surface area contributed by atoms with E-state index in [-0.39, 0.29) is 5.82 Å². The van der Waals surface area contributed by atoms with Crippen LogP contribution in [0.25, 0.3) is 0 Å². The lowest BCUT2D eigenvalue weighted by Gasteiger charge is -2.28. The maximum absolute atomic E-state index is 13.3. The van der Waals surface area contributed by atoms with E-state index in [0.29, 0.717) is 5.92 Å². The summed E-state index contributed by atoms with van der Waals surface area (Å²) in [6, 6.07) is 5.14. The van der Waals surface area contributed by atoms with Crippen LogP contribution in [0.2, 0.25) is 0 Å². The van der Waals surface area contributed by atoms with E-state index in [4.69, 9.17) is 4.74 Å². The lowest BCUT2D eigenvalue weighted by Crippen LogP contribution is -2.35. The summed E-state index contributed by atoms with van der Waals surface area (Å²) in [6.45, 7) is 8.66. The third kappa shape index (κ3) is 3.27. The van der Waals surface area contributed by atoms with E-state index in [2.05, 4.69) is 18.7 Å². The molecule has 94 valence electrons. The van der Waals surface area contributed by atoms with Crippen molar-refractivity contribution < 1.29 is 9.13 Å². The number of morpholine rings is 1. The smallest absolute Gasteiger partial charge is 0.123 e. The van der Waals surface area contributed by atoms with Crippen LogP contribution in [0.15, 0.2) is 18.2 Å². The fourth-order valence-corrected chi connectivity index (χ4v) is 2.25. The van der Waals surface area contributed by atoms with Gasteiger partial charge in [0.25, 0.3) is 0 Å². The SMILES string of the molecule is CC(C)c1cc(F)ccc1CN1CCOCC1. The Bertz CT molecular complexity index is 372. The normalized spacial score (nSPS) is 17.6. The van der Waals surface area contributed by atoms with Gasteiger partial charge in [0, 0.05) is 19.6 Å². The average Bonchev–Trinajstić information content (AvgIpc) is 2.32. The van der Waals surface area contributed by atoms with Crippen molar-refractivity contribution in [1.82, 2.24) is 4.90 Å². The van der Waals surface area contributed by atoms with Crippen molar-refractivity contribution in [3.8, 4) is 0 Å². The van der Waals surface area contributed by atoms with Gasteiger partial charge in [0.15, 0.2) is 0 Å². The van der Waals surface area contributed by atoms with Gasteiger partial charge in [0.05, 0.1) is 13.2 Å². The van der Waals surface area contributed by atoms with Crippen LogP contribution in [0.5, 0.6) is 0 Å². The van der Waals surface area contributed by atoms with Gasteiger partial charge in [-0.2, -0.15) is 0 Å². The first-order chi connectivity index (χ1) is 8.16. The maximum Gasteiger partial charge on any atom is 0.123 e. The second-order valence-electron chi connectivity index (χ2n) is 4.89. The third-order valence-electron chi connectivity index (χ3n) is 3.23. The first-order valence-electron chi connectivity index (χ1n) is 6.25. The summed E-state index contributed by atoms with van der Waals surface area (Å²) >= 11 is 0. The van der Waals surface area contributed by atoms with E-state index >= 15 is 0 Å². The minimum atomic E-state index is -0.139. The number of rotatable bonds is 3. The average molecular weight is 237 g/mol. The van der Waals surface area contributed by atoms with Crippen LogP contribution < -0.4 is 0 Å². The molecule has 1 aliphatic rings. The minimum absolute atomic E-state index is 0.139. The van der Waals surface area contributed by atoms with E-state index in [1.807, 2.05) is 6.07 Å². The molecule has 2 nitrogen and oxygen atoms in total. The van der Waals surface area contributed by atoms with Crippen molar-refractivity contribution in [2.75, 3.05) is 26.3 Å². The Kier molecular flexibility index (Phi) is 4.13. The molecule has 1 aromatic carbocycles. The summed E-state index contributed by atoms with van der Waals surface area (Å²) in [4.78, 5) is 2.36. The topological polar surface area (TPSA) is 12.5 Å². The van der Waals surface area contributed by atoms with Crippen LogP contribution in [-0.4, -0.2) is 31.2 Å². The highest BCUT2D eigenvalue weighted by Crippen LogP contribution is 2.22. The zero-order chi connectivity index (χ0) is 12.3. The quantitative estimate of drug-likeness (QED) is 0.801. The van der Waals surface area contributed by atoms with E-state index in [9.17, 15) is 4.39 Å². The van der Waals surface area contributed by atoms with Gasteiger partial charge in [-0.15, -0.1) is 0 Å². The van der Waals surface area contributed by atoms with Crippen LogP contribution in [-0.2, 0) is 11.3 Å². The summed E-state index contributed by atoms with van der Waals surface area (Å²) in [5.41, 5.74) is 2.36. The zero-order valence-electron chi connectivity index (χ0n) is 10.6. The summed E-state index contributed by atoms with van der Waals surface area (Å²) < 4.78 is 18.6. The molecule has 0 radical (unpaired) electrons. The van der Waals surface area contributed by atoms with Gasteiger partial charge in [-0.3, -0.25) is 4.90 Å². The third-order valence-corrected chi connectivity index (χ3v) is 3.23. The zero-order valence-corrected chi connectivity index (χ0v) is 10.6. The Balaban J connectivity index is 2.13. The van der Waals surface area contributed by atoms with E-state index in [1.54, 1.807) is 12.1 Å². The Morgan fingerprint density at radius 2 is 2.00 bits per heavy atom. The molecule has 0 N–H and O–H groups in total. The molecule has 0 unspecified atom stereocenters. The van der Waals surface area contributed by atoms with Gasteiger partial charge >= 0.3 is 0 Å². The predicted octanol–water partition coefficient (Wildman–Crippen LogP) is 2.78. The number of nitrogens with zero attached hydrogens (tertiary/aromatic N) is 1. The standard InChI is InChI=1S/C14H20FNO/c1-11(2)14-9-13(15)4-3-12(14)10-16-5-7-17-8-6-16/h3-4,9,11H,5-8,10H2,1-2H3. The van der Waals surface area contributed by atoms with Crippen molar-refractivity contribution in [3.05, 3.63) is 35.1 Å². The Morgan fingerprint density at radius 1 is 1.29 bits per heavy atom. The van der Waals surface area contributed by atoms with Gasteiger partial charge in [-0.05, 0) is 29.2 Å². The molecule has 2 rings (SSSR count). The molecule has 17 heavy (non-hydrogen) atoms. The summed E-state index contributed by atoms with van der Waals surface area (Å²) in [5.74, 6) is 0.223. The number of halogens is 1.